The number of carbonyl (C=O) groups is 1. The number of rotatable bonds is 5. The molecular formula is C30H31O2P. The molecule has 0 radical (unpaired) electrons. The topological polar surface area (TPSA) is 40.1 Å². The molecule has 0 aliphatic carbocycles. The van der Waals surface area contributed by atoms with Crippen LogP contribution in [0.3, 0.4) is 0 Å². The summed E-state index contributed by atoms with van der Waals surface area (Å²) < 4.78 is 0. The van der Waals surface area contributed by atoms with Crippen LogP contribution >= 0.6 is 7.26 Å². The monoisotopic (exact) mass is 454 g/mol. The largest absolute Gasteiger partial charge is 0.550 e. The van der Waals surface area contributed by atoms with Crippen LogP contribution in [0.4, 0.5) is 0 Å². The first-order valence-electron chi connectivity index (χ1n) is 11.1. The second-order valence-electron chi connectivity index (χ2n) is 8.45. The van der Waals surface area contributed by atoms with Crippen molar-refractivity contribution in [3.05, 3.63) is 125 Å². The van der Waals surface area contributed by atoms with Crippen LogP contribution in [-0.4, -0.2) is 5.97 Å². The molecule has 0 spiro atoms. The van der Waals surface area contributed by atoms with E-state index in [0.717, 1.165) is 13.1 Å². The van der Waals surface area contributed by atoms with Gasteiger partial charge in [-0.3, -0.25) is 0 Å². The van der Waals surface area contributed by atoms with E-state index in [2.05, 4.69) is 124 Å². The highest BCUT2D eigenvalue weighted by Gasteiger charge is 2.45. The molecule has 4 aromatic carbocycles. The molecule has 0 fully saturated rings. The summed E-state index contributed by atoms with van der Waals surface area (Å²) in [6, 6.07) is 38.6. The Bertz CT molecular complexity index is 1050. The summed E-state index contributed by atoms with van der Waals surface area (Å²) in [5, 5.41) is 13.2. The molecule has 2 nitrogen and oxygen atoms in total. The number of carboxylic acids is 1. The van der Waals surface area contributed by atoms with E-state index in [1.807, 2.05) is 0 Å². The van der Waals surface area contributed by atoms with Crippen LogP contribution in [0.1, 0.15) is 29.2 Å². The van der Waals surface area contributed by atoms with Crippen LogP contribution in [0, 0.1) is 20.8 Å². The number of aliphatic carboxylic acids is 1. The maximum Gasteiger partial charge on any atom is 0.116 e. The molecule has 0 atom stereocenters. The summed E-state index contributed by atoms with van der Waals surface area (Å²) in [6.45, 7) is 7.47. The number of benzene rings is 4. The van der Waals surface area contributed by atoms with Crippen LogP contribution < -0.4 is 21.0 Å². The first kappa shape index (κ1) is 24.4. The Balaban J connectivity index is 0.000000709. The van der Waals surface area contributed by atoms with E-state index in [0.29, 0.717) is 0 Å². The van der Waals surface area contributed by atoms with Crippen LogP contribution in [0.5, 0.6) is 0 Å². The van der Waals surface area contributed by atoms with Gasteiger partial charge in [-0.05, 0) is 69.7 Å². The summed E-state index contributed by atoms with van der Waals surface area (Å²) in [5.41, 5.74) is 5.31. The molecule has 4 aromatic rings. The lowest BCUT2D eigenvalue weighted by Gasteiger charge is -2.28. The maximum absolute atomic E-state index is 8.89. The zero-order valence-corrected chi connectivity index (χ0v) is 20.7. The summed E-state index contributed by atoms with van der Waals surface area (Å²) in [4.78, 5) is 8.89. The van der Waals surface area contributed by atoms with Gasteiger partial charge in [-0.25, -0.2) is 0 Å². The normalized spacial score (nSPS) is 10.8. The standard InChI is InChI=1S/C28H28P.C2H4O2/c1-22-9-15-26(16-10-22)29(21-25-7-5-4-6-8-25,27-17-11-23(2)12-18-27)28-19-13-24(3)14-20-28;1-2(3)4/h4-20H,21H2,1-3H3;1H3,(H,3,4)/q+1;/p-1. The summed E-state index contributed by atoms with van der Waals surface area (Å²) in [7, 11) is -1.83. The maximum atomic E-state index is 8.89. The van der Waals surface area contributed by atoms with E-state index >= 15 is 0 Å². The third-order valence-electron chi connectivity index (χ3n) is 5.69. The molecule has 0 N–H and O–H groups in total. The summed E-state index contributed by atoms with van der Waals surface area (Å²) in [6.07, 6.45) is 1.03. The van der Waals surface area contributed by atoms with Crippen molar-refractivity contribution in [1.82, 2.24) is 0 Å². The Hall–Kier alpha value is -3.22. The van der Waals surface area contributed by atoms with Gasteiger partial charge in [0.15, 0.2) is 0 Å². The molecule has 3 heteroatoms. The molecule has 0 saturated carbocycles. The minimum atomic E-state index is -1.83. The Morgan fingerprint density at radius 3 is 1.21 bits per heavy atom. The molecule has 0 aromatic heterocycles. The van der Waals surface area contributed by atoms with Crippen LogP contribution in [-0.2, 0) is 11.0 Å². The fraction of sp³-hybridized carbons (Fsp3) is 0.167. The zero-order valence-electron chi connectivity index (χ0n) is 19.8. The predicted octanol–water partition coefficient (Wildman–Crippen LogP) is 4.86. The highest BCUT2D eigenvalue weighted by atomic mass is 31.2. The lowest BCUT2D eigenvalue weighted by atomic mass is 10.2. The molecule has 0 saturated heterocycles. The van der Waals surface area contributed by atoms with Crippen LogP contribution in [0.2, 0.25) is 0 Å². The van der Waals surface area contributed by atoms with E-state index in [4.69, 9.17) is 9.90 Å². The SMILES string of the molecule is CC(=O)[O-].Cc1ccc([P+](Cc2ccccc2)(c2ccc(C)cc2)c2ccc(C)cc2)cc1. The van der Waals surface area contributed by atoms with E-state index < -0.39 is 13.2 Å². The zero-order chi connectivity index (χ0) is 23.8. The molecule has 0 amide bonds. The van der Waals surface area contributed by atoms with Gasteiger partial charge in [0.05, 0.1) is 6.16 Å². The van der Waals surface area contributed by atoms with Gasteiger partial charge in [0.2, 0.25) is 0 Å². The number of hydrogen-bond donors (Lipinski definition) is 0. The van der Waals surface area contributed by atoms with E-state index in [-0.39, 0.29) is 0 Å². The fourth-order valence-corrected chi connectivity index (χ4v) is 8.15. The number of hydrogen-bond acceptors (Lipinski definition) is 2. The van der Waals surface area contributed by atoms with Crippen LogP contribution in [0.15, 0.2) is 103 Å². The average Bonchev–Trinajstić information content (AvgIpc) is 2.80. The molecule has 0 heterocycles. The highest BCUT2D eigenvalue weighted by molar-refractivity contribution is 7.95. The molecule has 0 aliphatic rings. The predicted molar refractivity (Wildman–Crippen MR) is 140 cm³/mol. The first-order chi connectivity index (χ1) is 15.8. The molecule has 168 valence electrons. The van der Waals surface area contributed by atoms with Crippen molar-refractivity contribution >= 4 is 29.1 Å². The van der Waals surface area contributed by atoms with E-state index in [1.54, 1.807) is 0 Å². The second-order valence-corrected chi connectivity index (χ2v) is 11.9. The van der Waals surface area contributed by atoms with Crippen molar-refractivity contribution in [3.63, 3.8) is 0 Å². The molecule has 33 heavy (non-hydrogen) atoms. The minimum absolute atomic E-state index is 0.972. The minimum Gasteiger partial charge on any atom is -0.550 e. The van der Waals surface area contributed by atoms with Gasteiger partial charge in [0.1, 0.15) is 23.2 Å². The van der Waals surface area contributed by atoms with Crippen molar-refractivity contribution in [3.8, 4) is 0 Å². The lowest BCUT2D eigenvalue weighted by molar-refractivity contribution is -0.302. The van der Waals surface area contributed by atoms with Gasteiger partial charge in [0, 0.05) is 5.97 Å². The number of carbonyl (C=O) groups excluding carboxylic acids is 1. The van der Waals surface area contributed by atoms with Crippen molar-refractivity contribution < 1.29 is 9.90 Å². The van der Waals surface area contributed by atoms with Gasteiger partial charge < -0.3 is 9.90 Å². The Kier molecular flexibility index (Phi) is 8.20. The van der Waals surface area contributed by atoms with Crippen molar-refractivity contribution in [2.24, 2.45) is 0 Å². The van der Waals surface area contributed by atoms with Gasteiger partial charge >= 0.3 is 0 Å². The fourth-order valence-electron chi connectivity index (χ4n) is 3.98. The van der Waals surface area contributed by atoms with E-state index in [9.17, 15) is 0 Å². The third kappa shape index (κ3) is 6.18. The summed E-state index contributed by atoms with van der Waals surface area (Å²) in [5.74, 6) is -1.08. The smallest absolute Gasteiger partial charge is 0.116 e. The number of carboxylic acid groups (broad SMARTS) is 1. The second kappa shape index (κ2) is 11.1. The van der Waals surface area contributed by atoms with E-state index in [1.165, 1.54) is 38.2 Å². The third-order valence-corrected chi connectivity index (χ3v) is 10.1. The lowest BCUT2D eigenvalue weighted by Crippen LogP contribution is -2.32. The number of aryl methyl sites for hydroxylation is 3. The first-order valence-corrected chi connectivity index (χ1v) is 13.1. The van der Waals surface area contributed by atoms with Gasteiger partial charge in [0.25, 0.3) is 0 Å². The van der Waals surface area contributed by atoms with Crippen molar-refractivity contribution in [2.45, 2.75) is 33.9 Å². The summed E-state index contributed by atoms with van der Waals surface area (Å²) >= 11 is 0. The molecular weight excluding hydrogens is 423 g/mol. The average molecular weight is 455 g/mol. The quantitative estimate of drug-likeness (QED) is 0.404. The van der Waals surface area contributed by atoms with Gasteiger partial charge in [-0.1, -0.05) is 83.4 Å². The van der Waals surface area contributed by atoms with Crippen molar-refractivity contribution in [2.75, 3.05) is 0 Å². The molecule has 4 rings (SSSR count). The van der Waals surface area contributed by atoms with Crippen LogP contribution in [0.25, 0.3) is 0 Å². The Labute approximate surface area is 198 Å². The molecule has 0 bridgehead atoms. The molecule has 0 unspecified atom stereocenters. The van der Waals surface area contributed by atoms with Gasteiger partial charge in [-0.15, -0.1) is 0 Å². The van der Waals surface area contributed by atoms with Gasteiger partial charge in [-0.2, -0.15) is 0 Å². The van der Waals surface area contributed by atoms with Crippen molar-refractivity contribution in [1.29, 1.82) is 0 Å². The Morgan fingerprint density at radius 2 is 0.909 bits per heavy atom. The highest BCUT2D eigenvalue weighted by Crippen LogP contribution is 2.58. The molecule has 0 aliphatic heterocycles. The Morgan fingerprint density at radius 1 is 0.606 bits per heavy atom.